The fourth-order valence-corrected chi connectivity index (χ4v) is 3.92. The third-order valence-electron chi connectivity index (χ3n) is 5.35. The molecule has 0 saturated carbocycles. The maximum atomic E-state index is 12.4. The lowest BCUT2D eigenvalue weighted by molar-refractivity contribution is 0.0695. The average molecular weight is 415 g/mol. The van der Waals surface area contributed by atoms with Crippen molar-refractivity contribution in [3.63, 3.8) is 0 Å². The van der Waals surface area contributed by atoms with E-state index in [0.29, 0.717) is 23.4 Å². The van der Waals surface area contributed by atoms with Gasteiger partial charge in [-0.1, -0.05) is 18.9 Å². The predicted molar refractivity (Wildman–Crippen MR) is 111 cm³/mol. The smallest absolute Gasteiger partial charge is 0.342 e. The second kappa shape index (κ2) is 9.00. The molecule has 1 aromatic carbocycles. The highest BCUT2D eigenvalue weighted by Crippen LogP contribution is 2.34. The number of H-pyrrole nitrogens is 1. The normalized spacial score (nSPS) is 14.8. The zero-order chi connectivity index (χ0) is 21.8. The molecule has 0 atom stereocenters. The molecule has 9 nitrogen and oxygen atoms in total. The minimum atomic E-state index is -1.52. The number of methoxy groups -OCH3 is 1. The number of benzene rings is 1. The molecule has 5 N–H and O–H groups in total. The summed E-state index contributed by atoms with van der Waals surface area (Å²) in [5.41, 5.74) is 4.57. The number of ether oxygens (including phenoxy) is 1. The van der Waals surface area contributed by atoms with Gasteiger partial charge >= 0.3 is 11.9 Å². The first kappa shape index (κ1) is 21.4. The molecule has 9 heteroatoms. The van der Waals surface area contributed by atoms with Gasteiger partial charge < -0.3 is 25.7 Å². The molecule has 0 radical (unpaired) electrons. The third kappa shape index (κ3) is 4.30. The first-order chi connectivity index (χ1) is 14.3. The molecule has 1 aliphatic heterocycles. The van der Waals surface area contributed by atoms with Gasteiger partial charge in [0, 0.05) is 12.1 Å². The van der Waals surface area contributed by atoms with E-state index >= 15 is 0 Å². The summed E-state index contributed by atoms with van der Waals surface area (Å²) in [6, 6.07) is 4.93. The van der Waals surface area contributed by atoms with E-state index in [9.17, 15) is 24.6 Å². The topological polar surface area (TPSA) is 146 Å². The number of aromatic amines is 1. The number of nitrogen functional groups attached to an aromatic ring is 1. The summed E-state index contributed by atoms with van der Waals surface area (Å²) in [6.45, 7) is 2.23. The number of anilines is 1. The van der Waals surface area contributed by atoms with E-state index in [4.69, 9.17) is 10.5 Å². The summed E-state index contributed by atoms with van der Waals surface area (Å²) in [5, 5.41) is 19.4. The van der Waals surface area contributed by atoms with Crippen LogP contribution in [0.4, 0.5) is 5.82 Å². The summed E-state index contributed by atoms with van der Waals surface area (Å²) in [4.78, 5) is 40.6. The number of hydrogen-bond donors (Lipinski definition) is 4. The molecule has 30 heavy (non-hydrogen) atoms. The molecule has 0 amide bonds. The van der Waals surface area contributed by atoms with Crippen LogP contribution >= 0.6 is 0 Å². The Balaban J connectivity index is 2.25. The summed E-state index contributed by atoms with van der Waals surface area (Å²) in [6.07, 6.45) is 4.41. The summed E-state index contributed by atoms with van der Waals surface area (Å²) in [7, 11) is 1.52. The van der Waals surface area contributed by atoms with Crippen LogP contribution in [-0.4, -0.2) is 52.2 Å². The molecular formula is C21H25N3O6. The van der Waals surface area contributed by atoms with Gasteiger partial charge in [0.2, 0.25) is 0 Å². The van der Waals surface area contributed by atoms with Crippen molar-refractivity contribution in [3.05, 3.63) is 45.2 Å². The van der Waals surface area contributed by atoms with Gasteiger partial charge in [0.15, 0.2) is 0 Å². The number of likely N-dealkylation sites (tertiary alicyclic amines) is 1. The van der Waals surface area contributed by atoms with Crippen LogP contribution in [0.1, 0.15) is 52.0 Å². The second-order valence-electron chi connectivity index (χ2n) is 7.32. The highest BCUT2D eigenvalue weighted by atomic mass is 16.5. The van der Waals surface area contributed by atoms with Gasteiger partial charge in [-0.3, -0.25) is 9.69 Å². The van der Waals surface area contributed by atoms with Gasteiger partial charge in [-0.05, 0) is 49.2 Å². The summed E-state index contributed by atoms with van der Waals surface area (Å²) < 4.78 is 5.32. The number of nitrogens with zero attached hydrogens (tertiary/aromatic N) is 1. The number of carboxylic acids is 2. The molecule has 1 fully saturated rings. The van der Waals surface area contributed by atoms with Gasteiger partial charge in [-0.15, -0.1) is 0 Å². The molecule has 1 aromatic heterocycles. The van der Waals surface area contributed by atoms with E-state index in [0.717, 1.165) is 38.8 Å². The van der Waals surface area contributed by atoms with Crippen LogP contribution in [0.15, 0.2) is 23.0 Å². The van der Waals surface area contributed by atoms with Gasteiger partial charge in [-0.25, -0.2) is 9.59 Å². The monoisotopic (exact) mass is 415 g/mol. The van der Waals surface area contributed by atoms with E-state index in [-0.39, 0.29) is 11.4 Å². The third-order valence-corrected chi connectivity index (χ3v) is 5.35. The average Bonchev–Trinajstić information content (AvgIpc) is 2.95. The van der Waals surface area contributed by atoms with Crippen LogP contribution in [0.3, 0.4) is 0 Å². The van der Waals surface area contributed by atoms with E-state index < -0.39 is 28.6 Å². The van der Waals surface area contributed by atoms with Crippen molar-refractivity contribution in [2.45, 2.75) is 32.2 Å². The van der Waals surface area contributed by atoms with Crippen molar-refractivity contribution in [1.82, 2.24) is 9.88 Å². The maximum absolute atomic E-state index is 12.4. The SMILES string of the molecule is COc1ccc(-c2c(C(=O)O)c(N)[nH]c(=O)c2C(=O)O)c(CN2CCCCCC2)c1. The molecular weight excluding hydrogens is 390 g/mol. The van der Waals surface area contributed by atoms with Crippen LogP contribution in [0.5, 0.6) is 5.75 Å². The first-order valence-corrected chi connectivity index (χ1v) is 9.75. The number of hydrogen-bond acceptors (Lipinski definition) is 6. The van der Waals surface area contributed by atoms with E-state index in [2.05, 4.69) is 9.88 Å². The Hall–Kier alpha value is -3.33. The number of aromatic nitrogens is 1. The van der Waals surface area contributed by atoms with E-state index in [1.54, 1.807) is 18.2 Å². The zero-order valence-corrected chi connectivity index (χ0v) is 16.7. The molecule has 1 saturated heterocycles. The summed E-state index contributed by atoms with van der Waals surface area (Å²) in [5.74, 6) is -2.78. The number of carbonyl (C=O) groups is 2. The molecule has 0 aliphatic carbocycles. The highest BCUT2D eigenvalue weighted by Gasteiger charge is 2.28. The molecule has 2 heterocycles. The zero-order valence-electron chi connectivity index (χ0n) is 16.7. The van der Waals surface area contributed by atoms with Crippen molar-refractivity contribution in [3.8, 4) is 16.9 Å². The Morgan fingerprint density at radius 2 is 1.73 bits per heavy atom. The maximum Gasteiger partial charge on any atom is 0.342 e. The van der Waals surface area contributed by atoms with Crippen molar-refractivity contribution in [2.75, 3.05) is 25.9 Å². The Morgan fingerprint density at radius 3 is 2.30 bits per heavy atom. The van der Waals surface area contributed by atoms with Crippen LogP contribution in [0.2, 0.25) is 0 Å². The van der Waals surface area contributed by atoms with Gasteiger partial charge in [0.05, 0.1) is 7.11 Å². The van der Waals surface area contributed by atoms with Gasteiger partial charge in [0.1, 0.15) is 22.7 Å². The minimum absolute atomic E-state index is 0.191. The molecule has 1 aliphatic rings. The Bertz CT molecular complexity index is 1020. The molecule has 0 spiro atoms. The van der Waals surface area contributed by atoms with E-state index in [1.807, 2.05) is 0 Å². The lowest BCUT2D eigenvalue weighted by Gasteiger charge is -2.23. The number of aromatic carboxylic acids is 2. The fraction of sp³-hybridized carbons (Fsp3) is 0.381. The number of rotatable bonds is 6. The lowest BCUT2D eigenvalue weighted by atomic mass is 9.91. The van der Waals surface area contributed by atoms with E-state index in [1.165, 1.54) is 7.11 Å². The quantitative estimate of drug-likeness (QED) is 0.562. The first-order valence-electron chi connectivity index (χ1n) is 9.75. The standard InChI is InChI=1S/C21H25N3O6/c1-30-13-6-7-14(12(10-13)11-24-8-4-2-3-5-9-24)15-16(20(26)27)18(22)23-19(25)17(15)21(28)29/h6-7,10H,2-5,8-9,11H2,1H3,(H,26,27)(H,28,29)(H3,22,23,25). The van der Waals surface area contributed by atoms with Gasteiger partial charge in [-0.2, -0.15) is 0 Å². The fourth-order valence-electron chi connectivity index (χ4n) is 3.92. The Morgan fingerprint density at radius 1 is 1.10 bits per heavy atom. The molecule has 3 rings (SSSR count). The van der Waals surface area contributed by atoms with Crippen molar-refractivity contribution >= 4 is 17.8 Å². The van der Waals surface area contributed by atoms with Crippen molar-refractivity contribution in [1.29, 1.82) is 0 Å². The minimum Gasteiger partial charge on any atom is -0.497 e. The summed E-state index contributed by atoms with van der Waals surface area (Å²) >= 11 is 0. The molecule has 0 unspecified atom stereocenters. The Kier molecular flexibility index (Phi) is 6.41. The van der Waals surface area contributed by atoms with Crippen LogP contribution < -0.4 is 16.0 Å². The largest absolute Gasteiger partial charge is 0.497 e. The van der Waals surface area contributed by atoms with Crippen LogP contribution in [-0.2, 0) is 6.54 Å². The van der Waals surface area contributed by atoms with Gasteiger partial charge in [0.25, 0.3) is 5.56 Å². The van der Waals surface area contributed by atoms with Crippen LogP contribution in [0, 0.1) is 0 Å². The van der Waals surface area contributed by atoms with Crippen molar-refractivity contribution in [2.24, 2.45) is 0 Å². The number of nitrogens with one attached hydrogen (secondary N) is 1. The molecule has 2 aromatic rings. The molecule has 0 bridgehead atoms. The molecule has 160 valence electrons. The van der Waals surface area contributed by atoms with Crippen molar-refractivity contribution < 1.29 is 24.5 Å². The highest BCUT2D eigenvalue weighted by molar-refractivity contribution is 6.07. The predicted octanol–water partition coefficient (Wildman–Crippen LogP) is 2.41. The lowest BCUT2D eigenvalue weighted by Crippen LogP contribution is -2.26. The number of carboxylic acid groups (broad SMARTS) is 2. The number of pyridine rings is 1. The number of nitrogens with two attached hydrogens (primary N) is 1. The Labute approximate surface area is 173 Å². The second-order valence-corrected chi connectivity index (χ2v) is 7.32. The van der Waals surface area contributed by atoms with Crippen LogP contribution in [0.25, 0.3) is 11.1 Å².